The van der Waals surface area contributed by atoms with Gasteiger partial charge in [-0.15, -0.1) is 11.6 Å². The minimum atomic E-state index is 0.520. The zero-order chi connectivity index (χ0) is 19.9. The summed E-state index contributed by atoms with van der Waals surface area (Å²) in [6.07, 6.45) is 0.731. The van der Waals surface area contributed by atoms with Gasteiger partial charge in [-0.3, -0.25) is 0 Å². The van der Waals surface area contributed by atoms with E-state index in [1.54, 1.807) is 0 Å². The van der Waals surface area contributed by atoms with Crippen molar-refractivity contribution in [3.05, 3.63) is 99.5 Å². The third-order valence-electron chi connectivity index (χ3n) is 4.43. The third kappa shape index (κ3) is 5.11. The summed E-state index contributed by atoms with van der Waals surface area (Å²) in [5, 5.41) is 1.42. The fourth-order valence-electron chi connectivity index (χ4n) is 3.18. The van der Waals surface area contributed by atoms with E-state index in [0.717, 1.165) is 40.0 Å². The monoisotopic (exact) mass is 430 g/mol. The number of allylic oxidation sites excluding steroid dienone is 1. The zero-order valence-corrected chi connectivity index (χ0v) is 17.9. The smallest absolute Gasteiger partial charge is 0.119 e. The highest BCUT2D eigenvalue weighted by Crippen LogP contribution is 2.36. The maximum absolute atomic E-state index is 6.19. The van der Waals surface area contributed by atoms with Crippen molar-refractivity contribution in [3.63, 3.8) is 0 Å². The van der Waals surface area contributed by atoms with Gasteiger partial charge in [0.05, 0.1) is 6.61 Å². The van der Waals surface area contributed by atoms with Crippen molar-refractivity contribution in [2.24, 2.45) is 0 Å². The first-order chi connectivity index (χ1) is 13.6. The SMILES string of the molecule is CCOc1ccc(/C(=C(\CCCl)c2ccc(Cl)cc2)c2ccc(Cl)cc2)cc1. The summed E-state index contributed by atoms with van der Waals surface area (Å²) in [5.41, 5.74) is 5.58. The van der Waals surface area contributed by atoms with Crippen LogP contribution in [-0.4, -0.2) is 12.5 Å². The second kappa shape index (κ2) is 10.0. The zero-order valence-electron chi connectivity index (χ0n) is 15.6. The Hall–Kier alpha value is -1.93. The van der Waals surface area contributed by atoms with Crippen LogP contribution in [0.4, 0.5) is 0 Å². The largest absolute Gasteiger partial charge is 0.494 e. The van der Waals surface area contributed by atoms with Crippen LogP contribution in [0.3, 0.4) is 0 Å². The lowest BCUT2D eigenvalue weighted by molar-refractivity contribution is 0.340. The quantitative estimate of drug-likeness (QED) is 0.272. The van der Waals surface area contributed by atoms with Gasteiger partial charge in [0.15, 0.2) is 0 Å². The van der Waals surface area contributed by atoms with Crippen molar-refractivity contribution >= 4 is 45.9 Å². The van der Waals surface area contributed by atoms with Crippen molar-refractivity contribution < 1.29 is 4.74 Å². The van der Waals surface area contributed by atoms with Crippen molar-refractivity contribution in [1.82, 2.24) is 0 Å². The molecule has 0 heterocycles. The standard InChI is InChI=1S/C24H21Cl3O/c1-2-28-22-13-7-19(8-14-22)24(18-5-11-21(27)12-6-18)23(15-16-25)17-3-9-20(26)10-4-17/h3-14H,2,15-16H2,1H3/b24-23+. The van der Waals surface area contributed by atoms with Crippen LogP contribution in [0.1, 0.15) is 30.0 Å². The van der Waals surface area contributed by atoms with E-state index in [1.807, 2.05) is 67.6 Å². The normalized spacial score (nSPS) is 11.9. The second-order valence-electron chi connectivity index (χ2n) is 6.26. The van der Waals surface area contributed by atoms with E-state index in [9.17, 15) is 0 Å². The maximum Gasteiger partial charge on any atom is 0.119 e. The van der Waals surface area contributed by atoms with Gasteiger partial charge in [-0.2, -0.15) is 0 Å². The van der Waals surface area contributed by atoms with E-state index < -0.39 is 0 Å². The molecule has 1 nitrogen and oxygen atoms in total. The van der Waals surface area contributed by atoms with Gasteiger partial charge in [-0.25, -0.2) is 0 Å². The minimum Gasteiger partial charge on any atom is -0.494 e. The molecule has 3 rings (SSSR count). The third-order valence-corrected chi connectivity index (χ3v) is 5.12. The molecule has 0 saturated heterocycles. The summed E-state index contributed by atoms with van der Waals surface area (Å²) in [4.78, 5) is 0. The van der Waals surface area contributed by atoms with Crippen molar-refractivity contribution in [2.45, 2.75) is 13.3 Å². The van der Waals surface area contributed by atoms with E-state index in [2.05, 4.69) is 12.1 Å². The Morgan fingerprint density at radius 2 is 1.18 bits per heavy atom. The molecule has 0 radical (unpaired) electrons. The molecule has 28 heavy (non-hydrogen) atoms. The number of benzene rings is 3. The van der Waals surface area contributed by atoms with Gasteiger partial charge >= 0.3 is 0 Å². The van der Waals surface area contributed by atoms with E-state index in [-0.39, 0.29) is 0 Å². The van der Waals surface area contributed by atoms with Crippen molar-refractivity contribution in [1.29, 1.82) is 0 Å². The van der Waals surface area contributed by atoms with Crippen LogP contribution in [-0.2, 0) is 0 Å². The molecule has 0 atom stereocenters. The lowest BCUT2D eigenvalue weighted by Gasteiger charge is -2.17. The summed E-state index contributed by atoms with van der Waals surface area (Å²) in [7, 11) is 0. The molecular weight excluding hydrogens is 411 g/mol. The Balaban J connectivity index is 2.21. The first-order valence-corrected chi connectivity index (χ1v) is 10.5. The molecule has 0 bridgehead atoms. The van der Waals surface area contributed by atoms with E-state index in [1.165, 1.54) is 0 Å². The summed E-state index contributed by atoms with van der Waals surface area (Å²) in [6, 6.07) is 23.9. The van der Waals surface area contributed by atoms with Crippen molar-refractivity contribution in [3.8, 4) is 5.75 Å². The Kier molecular flexibility index (Phi) is 7.44. The van der Waals surface area contributed by atoms with Gasteiger partial charge in [0.1, 0.15) is 5.75 Å². The average molecular weight is 432 g/mol. The maximum atomic E-state index is 6.19. The highest BCUT2D eigenvalue weighted by Gasteiger charge is 2.14. The molecule has 0 amide bonds. The Morgan fingerprint density at radius 1 is 0.714 bits per heavy atom. The van der Waals surface area contributed by atoms with Crippen molar-refractivity contribution in [2.75, 3.05) is 12.5 Å². The van der Waals surface area contributed by atoms with Gasteiger partial charge in [-0.1, -0.05) is 59.6 Å². The number of ether oxygens (including phenoxy) is 1. The summed E-state index contributed by atoms with van der Waals surface area (Å²) in [5.74, 6) is 1.37. The number of hydrogen-bond acceptors (Lipinski definition) is 1. The lowest BCUT2D eigenvalue weighted by atomic mass is 9.88. The fraction of sp³-hybridized carbons (Fsp3) is 0.167. The van der Waals surface area contributed by atoms with Gasteiger partial charge < -0.3 is 4.74 Å². The van der Waals surface area contributed by atoms with Gasteiger partial charge in [0, 0.05) is 15.9 Å². The van der Waals surface area contributed by atoms with E-state index >= 15 is 0 Å². The molecule has 0 aliphatic carbocycles. The Bertz CT molecular complexity index is 927. The number of hydrogen-bond donors (Lipinski definition) is 0. The van der Waals surface area contributed by atoms with Crippen LogP contribution in [0.15, 0.2) is 72.8 Å². The van der Waals surface area contributed by atoms with Gasteiger partial charge in [0.2, 0.25) is 0 Å². The van der Waals surface area contributed by atoms with Crippen LogP contribution < -0.4 is 4.74 Å². The second-order valence-corrected chi connectivity index (χ2v) is 7.51. The van der Waals surface area contributed by atoms with Crippen LogP contribution in [0.25, 0.3) is 11.1 Å². The number of halogens is 3. The molecule has 3 aromatic carbocycles. The molecule has 0 spiro atoms. The van der Waals surface area contributed by atoms with Crippen LogP contribution in [0.2, 0.25) is 10.0 Å². The molecule has 144 valence electrons. The highest BCUT2D eigenvalue weighted by atomic mass is 35.5. The molecule has 0 saturated carbocycles. The Morgan fingerprint density at radius 3 is 1.64 bits per heavy atom. The van der Waals surface area contributed by atoms with Crippen LogP contribution >= 0.6 is 34.8 Å². The Labute approximate surface area is 181 Å². The van der Waals surface area contributed by atoms with E-state index in [4.69, 9.17) is 39.5 Å². The molecular formula is C24H21Cl3O. The number of alkyl halides is 1. The summed E-state index contributed by atoms with van der Waals surface area (Å²) in [6.45, 7) is 2.62. The molecule has 0 aliphatic heterocycles. The lowest BCUT2D eigenvalue weighted by Crippen LogP contribution is -1.97. The molecule has 4 heteroatoms. The van der Waals surface area contributed by atoms with Crippen LogP contribution in [0.5, 0.6) is 5.75 Å². The number of rotatable bonds is 7. The molecule has 0 fully saturated rings. The van der Waals surface area contributed by atoms with Gasteiger partial charge in [0.25, 0.3) is 0 Å². The first-order valence-electron chi connectivity index (χ1n) is 9.16. The molecule has 3 aromatic rings. The van der Waals surface area contributed by atoms with Crippen LogP contribution in [0, 0.1) is 0 Å². The summed E-state index contributed by atoms with van der Waals surface area (Å²) >= 11 is 18.4. The molecule has 0 aliphatic rings. The molecule has 0 unspecified atom stereocenters. The first kappa shape index (κ1) is 20.8. The average Bonchev–Trinajstić information content (AvgIpc) is 2.71. The van der Waals surface area contributed by atoms with E-state index in [0.29, 0.717) is 22.5 Å². The highest BCUT2D eigenvalue weighted by molar-refractivity contribution is 6.31. The molecule has 0 aromatic heterocycles. The predicted molar refractivity (Wildman–Crippen MR) is 122 cm³/mol. The topological polar surface area (TPSA) is 9.23 Å². The fourth-order valence-corrected chi connectivity index (χ4v) is 3.62. The van der Waals surface area contributed by atoms with Gasteiger partial charge in [-0.05, 0) is 77.6 Å². The predicted octanol–water partition coefficient (Wildman–Crippen LogP) is 7.98. The molecule has 0 N–H and O–H groups in total. The summed E-state index contributed by atoms with van der Waals surface area (Å²) < 4.78 is 5.60. The minimum absolute atomic E-state index is 0.520.